The summed E-state index contributed by atoms with van der Waals surface area (Å²) in [6.07, 6.45) is 3.47. The highest BCUT2D eigenvalue weighted by Gasteiger charge is 2.16. The average molecular weight is 304 g/mol. The summed E-state index contributed by atoms with van der Waals surface area (Å²) in [5.41, 5.74) is 3.33. The topological polar surface area (TPSA) is 80.8 Å². The Morgan fingerprint density at radius 1 is 1.18 bits per heavy atom. The first kappa shape index (κ1) is 15.2. The lowest BCUT2D eigenvalue weighted by Crippen LogP contribution is -2.20. The van der Waals surface area contributed by atoms with Crippen LogP contribution < -0.4 is 5.32 Å². The molecule has 3 rings (SSSR count). The number of aliphatic hydroxyl groups excluding tert-OH is 1. The zero-order valence-corrected chi connectivity index (χ0v) is 13.3. The van der Waals surface area contributed by atoms with Gasteiger partial charge < -0.3 is 15.0 Å². The molecule has 0 amide bonds. The zero-order valence-electron chi connectivity index (χ0n) is 13.3. The van der Waals surface area contributed by atoms with E-state index < -0.39 is 0 Å². The smallest absolute Gasteiger partial charge is 0.147 e. The highest BCUT2D eigenvalue weighted by atomic mass is 16.3. The fourth-order valence-electron chi connectivity index (χ4n) is 3.10. The van der Waals surface area contributed by atoms with E-state index in [4.69, 9.17) is 5.11 Å². The van der Waals surface area contributed by atoms with E-state index in [2.05, 4.69) is 25.2 Å². The van der Waals surface area contributed by atoms with Crippen molar-refractivity contribution in [2.24, 2.45) is 0 Å². The van der Waals surface area contributed by atoms with Crippen molar-refractivity contribution in [3.8, 4) is 0 Å². The predicted octanol–water partition coefficient (Wildman–Crippen LogP) is 0.710. The zero-order chi connectivity index (χ0) is 15.5. The summed E-state index contributed by atoms with van der Waals surface area (Å²) in [5, 5.41) is 25.6. The standard InChI is InChI=1S/C15H24N6O/c1-11-13(12(2)21(19-11)7-8-22)9-16-10-15-18-17-14-5-3-4-6-20(14)15/h16,22H,3-10H2,1-2H3. The van der Waals surface area contributed by atoms with Gasteiger partial charge in [-0.1, -0.05) is 0 Å². The molecule has 2 N–H and O–H groups in total. The minimum absolute atomic E-state index is 0.112. The Morgan fingerprint density at radius 2 is 2.05 bits per heavy atom. The molecule has 0 saturated heterocycles. The van der Waals surface area contributed by atoms with Crippen LogP contribution in [0.1, 0.15) is 41.4 Å². The van der Waals surface area contributed by atoms with Crippen molar-refractivity contribution in [2.45, 2.75) is 59.3 Å². The monoisotopic (exact) mass is 304 g/mol. The lowest BCUT2D eigenvalue weighted by atomic mass is 10.1. The van der Waals surface area contributed by atoms with Crippen LogP contribution in [0.5, 0.6) is 0 Å². The molecule has 0 saturated carbocycles. The van der Waals surface area contributed by atoms with Crippen molar-refractivity contribution in [1.82, 2.24) is 29.9 Å². The maximum absolute atomic E-state index is 9.06. The van der Waals surface area contributed by atoms with E-state index in [0.29, 0.717) is 6.54 Å². The van der Waals surface area contributed by atoms with E-state index in [1.807, 2.05) is 18.5 Å². The van der Waals surface area contributed by atoms with Crippen LogP contribution in [0, 0.1) is 13.8 Å². The van der Waals surface area contributed by atoms with Crippen molar-refractivity contribution in [3.05, 3.63) is 28.6 Å². The molecule has 1 aliphatic heterocycles. The summed E-state index contributed by atoms with van der Waals surface area (Å²) >= 11 is 0. The molecular formula is C15H24N6O. The summed E-state index contributed by atoms with van der Waals surface area (Å²) in [7, 11) is 0. The number of aryl methyl sites for hydroxylation is 2. The summed E-state index contributed by atoms with van der Waals surface area (Å²) in [6.45, 7) is 7.22. The largest absolute Gasteiger partial charge is 0.394 e. The van der Waals surface area contributed by atoms with Crippen molar-refractivity contribution in [2.75, 3.05) is 6.61 Å². The Balaban J connectivity index is 1.63. The van der Waals surface area contributed by atoms with Gasteiger partial charge in [-0.05, 0) is 26.7 Å². The van der Waals surface area contributed by atoms with Crippen molar-refractivity contribution >= 4 is 0 Å². The van der Waals surface area contributed by atoms with E-state index in [9.17, 15) is 0 Å². The number of nitrogens with zero attached hydrogens (tertiary/aromatic N) is 5. The number of rotatable bonds is 6. The SMILES string of the molecule is Cc1nn(CCO)c(C)c1CNCc1nnc2n1CCCC2. The summed E-state index contributed by atoms with van der Waals surface area (Å²) < 4.78 is 4.11. The number of fused-ring (bicyclic) bond motifs is 1. The predicted molar refractivity (Wildman–Crippen MR) is 82.3 cm³/mol. The third-order valence-electron chi connectivity index (χ3n) is 4.36. The maximum Gasteiger partial charge on any atom is 0.147 e. The number of aliphatic hydroxyl groups is 1. The molecule has 0 bridgehead atoms. The van der Waals surface area contributed by atoms with Gasteiger partial charge in [0.25, 0.3) is 0 Å². The molecule has 0 unspecified atom stereocenters. The molecule has 0 aromatic carbocycles. The van der Waals surface area contributed by atoms with Gasteiger partial charge in [0, 0.05) is 30.8 Å². The lowest BCUT2D eigenvalue weighted by molar-refractivity contribution is 0.267. The second-order valence-electron chi connectivity index (χ2n) is 5.84. The summed E-state index contributed by atoms with van der Waals surface area (Å²) in [5.74, 6) is 2.14. The third-order valence-corrected chi connectivity index (χ3v) is 4.36. The van der Waals surface area contributed by atoms with E-state index in [-0.39, 0.29) is 6.61 Å². The second-order valence-corrected chi connectivity index (χ2v) is 5.84. The normalized spacial score (nSPS) is 14.3. The first-order chi connectivity index (χ1) is 10.7. The molecule has 3 heterocycles. The molecule has 0 fully saturated rings. The molecule has 22 heavy (non-hydrogen) atoms. The fourth-order valence-corrected chi connectivity index (χ4v) is 3.10. The van der Waals surface area contributed by atoms with Crippen LogP contribution in [-0.2, 0) is 32.6 Å². The molecule has 0 radical (unpaired) electrons. The molecule has 2 aromatic rings. The second kappa shape index (κ2) is 6.58. The first-order valence-corrected chi connectivity index (χ1v) is 7.96. The molecule has 7 heteroatoms. The third kappa shape index (κ3) is 2.91. The van der Waals surface area contributed by atoms with Gasteiger partial charge in [0.1, 0.15) is 11.6 Å². The number of nitrogens with one attached hydrogen (secondary N) is 1. The van der Waals surface area contributed by atoms with Crippen LogP contribution in [0.15, 0.2) is 0 Å². The van der Waals surface area contributed by atoms with Crippen molar-refractivity contribution in [3.63, 3.8) is 0 Å². The van der Waals surface area contributed by atoms with Crippen LogP contribution in [-0.4, -0.2) is 36.3 Å². The Kier molecular flexibility index (Phi) is 4.54. The van der Waals surface area contributed by atoms with Gasteiger partial charge in [-0.3, -0.25) is 4.68 Å². The van der Waals surface area contributed by atoms with E-state index >= 15 is 0 Å². The van der Waals surface area contributed by atoms with Crippen molar-refractivity contribution in [1.29, 1.82) is 0 Å². The molecule has 0 spiro atoms. The van der Waals surface area contributed by atoms with Gasteiger partial charge in [-0.2, -0.15) is 5.10 Å². The van der Waals surface area contributed by atoms with Crippen LogP contribution in [0.25, 0.3) is 0 Å². The highest BCUT2D eigenvalue weighted by molar-refractivity contribution is 5.24. The molecule has 0 aliphatic carbocycles. The van der Waals surface area contributed by atoms with Gasteiger partial charge >= 0.3 is 0 Å². The quantitative estimate of drug-likeness (QED) is 0.821. The van der Waals surface area contributed by atoms with Gasteiger partial charge in [0.15, 0.2) is 0 Å². The molecule has 120 valence electrons. The van der Waals surface area contributed by atoms with Crippen LogP contribution in [0.4, 0.5) is 0 Å². The Labute approximate surface area is 130 Å². The Morgan fingerprint density at radius 3 is 2.86 bits per heavy atom. The van der Waals surface area contributed by atoms with E-state index in [1.54, 1.807) is 0 Å². The van der Waals surface area contributed by atoms with Crippen LogP contribution >= 0.6 is 0 Å². The Hall–Kier alpha value is -1.73. The summed E-state index contributed by atoms with van der Waals surface area (Å²) in [6, 6.07) is 0. The molecular weight excluding hydrogens is 280 g/mol. The average Bonchev–Trinajstić information content (AvgIpc) is 3.04. The number of aromatic nitrogens is 5. The fraction of sp³-hybridized carbons (Fsp3) is 0.667. The van der Waals surface area contributed by atoms with Gasteiger partial charge in [-0.25, -0.2) is 0 Å². The van der Waals surface area contributed by atoms with Gasteiger partial charge in [-0.15, -0.1) is 10.2 Å². The maximum atomic E-state index is 9.06. The minimum Gasteiger partial charge on any atom is -0.394 e. The molecule has 2 aromatic heterocycles. The molecule has 7 nitrogen and oxygen atoms in total. The molecule has 0 atom stereocenters. The highest BCUT2D eigenvalue weighted by Crippen LogP contribution is 2.15. The van der Waals surface area contributed by atoms with E-state index in [1.165, 1.54) is 18.4 Å². The first-order valence-electron chi connectivity index (χ1n) is 7.96. The van der Waals surface area contributed by atoms with E-state index in [0.717, 1.165) is 49.1 Å². The molecule has 1 aliphatic rings. The van der Waals surface area contributed by atoms with Crippen molar-refractivity contribution < 1.29 is 5.11 Å². The van der Waals surface area contributed by atoms with Gasteiger partial charge in [0.05, 0.1) is 25.4 Å². The minimum atomic E-state index is 0.112. The summed E-state index contributed by atoms with van der Waals surface area (Å²) in [4.78, 5) is 0. The number of hydrogen-bond donors (Lipinski definition) is 2. The Bertz CT molecular complexity index is 645. The van der Waals surface area contributed by atoms with Crippen LogP contribution in [0.3, 0.4) is 0 Å². The number of hydrogen-bond acceptors (Lipinski definition) is 5. The van der Waals surface area contributed by atoms with Gasteiger partial charge in [0.2, 0.25) is 0 Å². The lowest BCUT2D eigenvalue weighted by Gasteiger charge is -2.15. The van der Waals surface area contributed by atoms with Crippen LogP contribution in [0.2, 0.25) is 0 Å².